The van der Waals surface area contributed by atoms with Crippen molar-refractivity contribution in [1.82, 2.24) is 5.32 Å². The van der Waals surface area contributed by atoms with Gasteiger partial charge in [0, 0.05) is 0 Å². The predicted molar refractivity (Wildman–Crippen MR) is 72.8 cm³/mol. The Bertz CT molecular complexity index is 138. The van der Waals surface area contributed by atoms with Gasteiger partial charge in [-0.3, -0.25) is 0 Å². The largest absolute Gasteiger partial charge is 0.316 e. The number of unbranched alkanes of at least 4 members (excludes halogenated alkanes) is 7. The molecule has 0 aromatic rings. The molecule has 0 radical (unpaired) electrons. The minimum absolute atomic E-state index is 0.994. The normalized spacial score (nSPS) is 21.2. The quantitative estimate of drug-likeness (QED) is 0.569. The summed E-state index contributed by atoms with van der Waals surface area (Å²) in [5, 5.41) is 3.51. The molecule has 1 unspecified atom stereocenters. The van der Waals surface area contributed by atoms with Gasteiger partial charge in [-0.15, -0.1) is 0 Å². The minimum Gasteiger partial charge on any atom is -0.316 e. The Hall–Kier alpha value is -0.0400. The maximum Gasteiger partial charge on any atom is -0.00205 e. The minimum atomic E-state index is 0.994. The summed E-state index contributed by atoms with van der Waals surface area (Å²) in [6, 6.07) is 0. The van der Waals surface area contributed by atoms with Crippen LogP contribution in [0.5, 0.6) is 0 Å². The molecular formula is C15H31N. The van der Waals surface area contributed by atoms with Crippen LogP contribution in [0.3, 0.4) is 0 Å². The van der Waals surface area contributed by atoms with Gasteiger partial charge in [-0.1, -0.05) is 58.3 Å². The summed E-state index contributed by atoms with van der Waals surface area (Å²) >= 11 is 0. The van der Waals surface area contributed by atoms with Gasteiger partial charge in [-0.2, -0.15) is 0 Å². The summed E-state index contributed by atoms with van der Waals surface area (Å²) in [5.74, 6) is 0.994. The second-order valence-corrected chi connectivity index (χ2v) is 5.48. The van der Waals surface area contributed by atoms with Gasteiger partial charge in [0.25, 0.3) is 0 Å². The predicted octanol–water partition coefficient (Wildman–Crippen LogP) is 4.52. The zero-order valence-electron chi connectivity index (χ0n) is 11.3. The highest BCUT2D eigenvalue weighted by molar-refractivity contribution is 4.68. The first-order chi connectivity index (χ1) is 7.93. The zero-order chi connectivity index (χ0) is 11.5. The SMILES string of the molecule is CCCCCCCCCCC1CCCNC1. The molecule has 1 heteroatoms. The van der Waals surface area contributed by atoms with Crippen LogP contribution in [0, 0.1) is 5.92 Å². The number of hydrogen-bond acceptors (Lipinski definition) is 1. The van der Waals surface area contributed by atoms with Crippen molar-refractivity contribution < 1.29 is 0 Å². The lowest BCUT2D eigenvalue weighted by atomic mass is 9.93. The fraction of sp³-hybridized carbons (Fsp3) is 1.00. The Balaban J connectivity index is 1.77. The van der Waals surface area contributed by atoms with Crippen LogP contribution in [0.15, 0.2) is 0 Å². The number of piperidine rings is 1. The lowest BCUT2D eigenvalue weighted by Gasteiger charge is -2.22. The van der Waals surface area contributed by atoms with Crippen molar-refractivity contribution in [2.24, 2.45) is 5.92 Å². The lowest BCUT2D eigenvalue weighted by molar-refractivity contribution is 0.345. The maximum atomic E-state index is 3.51. The lowest BCUT2D eigenvalue weighted by Crippen LogP contribution is -2.29. The van der Waals surface area contributed by atoms with Crippen LogP contribution in [0.1, 0.15) is 77.6 Å². The average Bonchev–Trinajstić information content (AvgIpc) is 2.34. The average molecular weight is 225 g/mol. The third kappa shape index (κ3) is 7.27. The van der Waals surface area contributed by atoms with Crippen LogP contribution in [0.4, 0.5) is 0 Å². The van der Waals surface area contributed by atoms with Gasteiger partial charge in [0.05, 0.1) is 0 Å². The van der Waals surface area contributed by atoms with E-state index in [1.165, 1.54) is 83.7 Å². The summed E-state index contributed by atoms with van der Waals surface area (Å²) < 4.78 is 0. The van der Waals surface area contributed by atoms with E-state index in [1.54, 1.807) is 0 Å². The van der Waals surface area contributed by atoms with Crippen molar-refractivity contribution >= 4 is 0 Å². The summed E-state index contributed by atoms with van der Waals surface area (Å²) in [6.45, 7) is 4.84. The molecular weight excluding hydrogens is 194 g/mol. The Morgan fingerprint density at radius 2 is 1.62 bits per heavy atom. The smallest absolute Gasteiger partial charge is 0.00205 e. The number of rotatable bonds is 9. The molecule has 0 bridgehead atoms. The molecule has 0 spiro atoms. The molecule has 0 aromatic heterocycles. The highest BCUT2D eigenvalue weighted by Crippen LogP contribution is 2.18. The van der Waals surface area contributed by atoms with E-state index in [1.807, 2.05) is 0 Å². The van der Waals surface area contributed by atoms with E-state index in [4.69, 9.17) is 0 Å². The molecule has 1 atom stereocenters. The van der Waals surface area contributed by atoms with Crippen LogP contribution in [0.25, 0.3) is 0 Å². The summed E-state index contributed by atoms with van der Waals surface area (Å²) in [6.07, 6.45) is 16.0. The molecule has 0 aromatic carbocycles. The highest BCUT2D eigenvalue weighted by atomic mass is 14.9. The van der Waals surface area contributed by atoms with Gasteiger partial charge in [0.1, 0.15) is 0 Å². The maximum absolute atomic E-state index is 3.51. The summed E-state index contributed by atoms with van der Waals surface area (Å²) in [4.78, 5) is 0. The van der Waals surface area contributed by atoms with E-state index in [0.717, 1.165) is 5.92 Å². The van der Waals surface area contributed by atoms with Crippen molar-refractivity contribution in [3.8, 4) is 0 Å². The van der Waals surface area contributed by atoms with E-state index in [0.29, 0.717) is 0 Å². The molecule has 1 heterocycles. The van der Waals surface area contributed by atoms with Crippen molar-refractivity contribution in [3.05, 3.63) is 0 Å². The van der Waals surface area contributed by atoms with Gasteiger partial charge in [0.15, 0.2) is 0 Å². The van der Waals surface area contributed by atoms with Gasteiger partial charge < -0.3 is 5.32 Å². The third-order valence-corrected chi connectivity index (χ3v) is 3.86. The summed E-state index contributed by atoms with van der Waals surface area (Å²) in [7, 11) is 0. The Labute approximate surface area is 102 Å². The topological polar surface area (TPSA) is 12.0 Å². The van der Waals surface area contributed by atoms with Gasteiger partial charge in [-0.25, -0.2) is 0 Å². The van der Waals surface area contributed by atoms with E-state index in [9.17, 15) is 0 Å². The van der Waals surface area contributed by atoms with Gasteiger partial charge in [-0.05, 0) is 38.3 Å². The molecule has 96 valence electrons. The van der Waals surface area contributed by atoms with Crippen molar-refractivity contribution in [1.29, 1.82) is 0 Å². The van der Waals surface area contributed by atoms with E-state index in [-0.39, 0.29) is 0 Å². The Morgan fingerprint density at radius 3 is 2.25 bits per heavy atom. The second-order valence-electron chi connectivity index (χ2n) is 5.48. The molecule has 1 nitrogen and oxygen atoms in total. The standard InChI is InChI=1S/C15H31N/c1-2-3-4-5-6-7-8-9-11-15-12-10-13-16-14-15/h15-16H,2-14H2,1H3. The summed E-state index contributed by atoms with van der Waals surface area (Å²) in [5.41, 5.74) is 0. The first kappa shape index (κ1) is 14.0. The molecule has 1 N–H and O–H groups in total. The van der Waals surface area contributed by atoms with Crippen molar-refractivity contribution in [3.63, 3.8) is 0 Å². The number of hydrogen-bond donors (Lipinski definition) is 1. The zero-order valence-corrected chi connectivity index (χ0v) is 11.3. The Kier molecular flexibility index (Phi) is 8.88. The molecule has 16 heavy (non-hydrogen) atoms. The third-order valence-electron chi connectivity index (χ3n) is 3.86. The first-order valence-corrected chi connectivity index (χ1v) is 7.64. The molecule has 1 fully saturated rings. The van der Waals surface area contributed by atoms with Crippen molar-refractivity contribution in [2.45, 2.75) is 77.6 Å². The van der Waals surface area contributed by atoms with Crippen LogP contribution in [0.2, 0.25) is 0 Å². The highest BCUT2D eigenvalue weighted by Gasteiger charge is 2.11. The number of nitrogens with one attached hydrogen (secondary N) is 1. The molecule has 1 aliphatic rings. The van der Waals surface area contributed by atoms with E-state index >= 15 is 0 Å². The van der Waals surface area contributed by atoms with Gasteiger partial charge in [0.2, 0.25) is 0 Å². The van der Waals surface area contributed by atoms with Gasteiger partial charge >= 0.3 is 0 Å². The monoisotopic (exact) mass is 225 g/mol. The van der Waals surface area contributed by atoms with Crippen LogP contribution in [-0.2, 0) is 0 Å². The molecule has 1 saturated heterocycles. The van der Waals surface area contributed by atoms with Crippen LogP contribution >= 0.6 is 0 Å². The van der Waals surface area contributed by atoms with Crippen molar-refractivity contribution in [2.75, 3.05) is 13.1 Å². The molecule has 0 saturated carbocycles. The second kappa shape index (κ2) is 10.1. The molecule has 0 amide bonds. The van der Waals surface area contributed by atoms with E-state index in [2.05, 4.69) is 12.2 Å². The fourth-order valence-corrected chi connectivity index (χ4v) is 2.74. The Morgan fingerprint density at radius 1 is 0.938 bits per heavy atom. The first-order valence-electron chi connectivity index (χ1n) is 7.64. The molecule has 0 aliphatic carbocycles. The van der Waals surface area contributed by atoms with Crippen LogP contribution < -0.4 is 5.32 Å². The van der Waals surface area contributed by atoms with Crippen LogP contribution in [-0.4, -0.2) is 13.1 Å². The van der Waals surface area contributed by atoms with E-state index < -0.39 is 0 Å². The molecule has 1 rings (SSSR count). The fourth-order valence-electron chi connectivity index (χ4n) is 2.74. The molecule has 1 aliphatic heterocycles.